The maximum Gasteiger partial charge on any atom is 0.319 e. The summed E-state index contributed by atoms with van der Waals surface area (Å²) in [6.07, 6.45) is 2.41. The van der Waals surface area contributed by atoms with Crippen LogP contribution in [0.25, 0.3) is 0 Å². The first-order chi connectivity index (χ1) is 9.05. The molecule has 19 heavy (non-hydrogen) atoms. The first-order valence-corrected chi connectivity index (χ1v) is 7.13. The minimum Gasteiger partial charge on any atom is -0.480 e. The summed E-state index contributed by atoms with van der Waals surface area (Å²) in [6.45, 7) is 0. The Morgan fingerprint density at radius 1 is 1.47 bits per heavy atom. The van der Waals surface area contributed by atoms with Crippen molar-refractivity contribution in [3.05, 3.63) is 39.9 Å². The summed E-state index contributed by atoms with van der Waals surface area (Å²) >= 11 is 1.46. The summed E-state index contributed by atoms with van der Waals surface area (Å²) in [4.78, 5) is 21.9. The molecule has 1 fully saturated rings. The van der Waals surface area contributed by atoms with E-state index < -0.39 is 15.6 Å². The molecule has 102 valence electrons. The lowest BCUT2D eigenvalue weighted by atomic mass is 9.94. The second-order valence-corrected chi connectivity index (χ2v) is 6.12. The average Bonchev–Trinajstić information content (AvgIpc) is 2.86. The van der Waals surface area contributed by atoms with Crippen LogP contribution in [-0.2, 0) is 11.2 Å². The Morgan fingerprint density at radius 2 is 2.21 bits per heavy atom. The van der Waals surface area contributed by atoms with Gasteiger partial charge in [-0.15, -0.1) is 11.8 Å². The molecule has 1 aromatic rings. The highest BCUT2D eigenvalue weighted by molar-refractivity contribution is 8.01. The quantitative estimate of drug-likeness (QED) is 0.663. The Hall–Kier alpha value is -1.56. The number of thioether (sulfide) groups is 1. The Morgan fingerprint density at radius 3 is 2.79 bits per heavy atom. The number of nitro benzene ring substituents is 1. The van der Waals surface area contributed by atoms with Gasteiger partial charge in [0.15, 0.2) is 0 Å². The van der Waals surface area contributed by atoms with Gasteiger partial charge in [-0.05, 0) is 31.4 Å². The number of aliphatic carboxylic acids is 1. The van der Waals surface area contributed by atoms with E-state index >= 15 is 0 Å². The third-order valence-corrected chi connectivity index (χ3v) is 5.11. The highest BCUT2D eigenvalue weighted by atomic mass is 32.2. The molecule has 1 heterocycles. The largest absolute Gasteiger partial charge is 0.480 e. The number of benzene rings is 1. The van der Waals surface area contributed by atoms with Crippen molar-refractivity contribution in [1.29, 1.82) is 0 Å². The first-order valence-electron chi connectivity index (χ1n) is 6.15. The van der Waals surface area contributed by atoms with Gasteiger partial charge in [0.05, 0.1) is 4.92 Å². The molecule has 1 aliphatic heterocycles. The van der Waals surface area contributed by atoms with Gasteiger partial charge in [-0.1, -0.05) is 18.2 Å². The summed E-state index contributed by atoms with van der Waals surface area (Å²) in [5.74, 6) is 0.0528. The summed E-state index contributed by atoms with van der Waals surface area (Å²) in [7, 11) is 0. The molecule has 0 spiro atoms. The van der Waals surface area contributed by atoms with E-state index in [4.69, 9.17) is 0 Å². The minimum atomic E-state index is -0.798. The summed E-state index contributed by atoms with van der Waals surface area (Å²) < 4.78 is -0.760. The van der Waals surface area contributed by atoms with Gasteiger partial charge in [0.25, 0.3) is 5.69 Å². The lowest BCUT2D eigenvalue weighted by Crippen LogP contribution is -2.32. The third-order valence-electron chi connectivity index (χ3n) is 3.48. The van der Waals surface area contributed by atoms with Gasteiger partial charge in [0.2, 0.25) is 0 Å². The van der Waals surface area contributed by atoms with Crippen molar-refractivity contribution in [2.45, 2.75) is 30.4 Å². The molecule has 1 aliphatic rings. The number of aryl methyl sites for hydroxylation is 1. The second-order valence-electron chi connectivity index (χ2n) is 4.64. The molecule has 0 saturated carbocycles. The van der Waals surface area contributed by atoms with Crippen LogP contribution in [0.5, 0.6) is 0 Å². The van der Waals surface area contributed by atoms with E-state index in [1.807, 2.05) is 0 Å². The Bertz CT molecular complexity index is 497. The monoisotopic (exact) mass is 281 g/mol. The molecule has 1 atom stereocenters. The normalized spacial score (nSPS) is 22.3. The third kappa shape index (κ3) is 2.89. The van der Waals surface area contributed by atoms with Gasteiger partial charge < -0.3 is 5.11 Å². The maximum absolute atomic E-state index is 11.4. The number of carboxylic acids is 1. The molecule has 0 radical (unpaired) electrons. The van der Waals surface area contributed by atoms with Gasteiger partial charge in [0, 0.05) is 11.6 Å². The van der Waals surface area contributed by atoms with Crippen LogP contribution in [-0.4, -0.2) is 26.5 Å². The van der Waals surface area contributed by atoms with Crippen LogP contribution in [0.15, 0.2) is 24.3 Å². The van der Waals surface area contributed by atoms with E-state index in [0.717, 1.165) is 12.2 Å². The molecule has 0 amide bonds. The highest BCUT2D eigenvalue weighted by Crippen LogP contribution is 2.42. The van der Waals surface area contributed by atoms with Crippen LogP contribution in [0.3, 0.4) is 0 Å². The molecule has 1 unspecified atom stereocenters. The molecule has 6 heteroatoms. The molecular formula is C13H15NO4S. The number of carbonyl (C=O) groups is 1. The Balaban J connectivity index is 2.14. The molecule has 0 bridgehead atoms. The number of carboxylic acid groups (broad SMARTS) is 1. The standard InChI is InChI=1S/C13H15NO4S/c15-12(16)13(7-3-9-19-13)8-6-10-4-1-2-5-11(10)14(17)18/h1-2,4-5H,3,6-9H2,(H,15,16). The van der Waals surface area contributed by atoms with Gasteiger partial charge >= 0.3 is 5.97 Å². The zero-order valence-corrected chi connectivity index (χ0v) is 11.2. The van der Waals surface area contributed by atoms with Crippen molar-refractivity contribution in [1.82, 2.24) is 0 Å². The van der Waals surface area contributed by atoms with Crippen molar-refractivity contribution >= 4 is 23.4 Å². The summed E-state index contributed by atoms with van der Waals surface area (Å²) in [5, 5.41) is 20.3. The van der Waals surface area contributed by atoms with Crippen LogP contribution < -0.4 is 0 Å². The van der Waals surface area contributed by atoms with Crippen molar-refractivity contribution in [3.8, 4) is 0 Å². The van der Waals surface area contributed by atoms with Crippen LogP contribution in [0.2, 0.25) is 0 Å². The molecule has 1 aromatic carbocycles. The molecule has 1 N–H and O–H groups in total. The number of para-hydroxylation sites is 1. The fourth-order valence-corrected chi connectivity index (χ4v) is 3.75. The van der Waals surface area contributed by atoms with E-state index in [9.17, 15) is 20.0 Å². The molecule has 5 nitrogen and oxygen atoms in total. The van der Waals surface area contributed by atoms with Crippen molar-refractivity contribution in [2.75, 3.05) is 5.75 Å². The molecule has 0 aliphatic carbocycles. The average molecular weight is 281 g/mol. The lowest BCUT2D eigenvalue weighted by molar-refractivity contribution is -0.385. The predicted octanol–water partition coefficient (Wildman–Crippen LogP) is 2.88. The summed E-state index contributed by atoms with van der Waals surface area (Å²) in [5.41, 5.74) is 0.687. The van der Waals surface area contributed by atoms with E-state index in [2.05, 4.69) is 0 Å². The zero-order valence-electron chi connectivity index (χ0n) is 10.4. The van der Waals surface area contributed by atoms with Crippen molar-refractivity contribution in [2.24, 2.45) is 0 Å². The van der Waals surface area contributed by atoms with E-state index in [1.165, 1.54) is 17.8 Å². The van der Waals surface area contributed by atoms with Crippen LogP contribution in [0.1, 0.15) is 24.8 Å². The fraction of sp³-hybridized carbons (Fsp3) is 0.462. The van der Waals surface area contributed by atoms with Gasteiger partial charge in [-0.25, -0.2) is 0 Å². The molecule has 2 rings (SSSR count). The topological polar surface area (TPSA) is 80.4 Å². The van der Waals surface area contributed by atoms with Crippen LogP contribution >= 0.6 is 11.8 Å². The molecule has 0 aromatic heterocycles. The van der Waals surface area contributed by atoms with E-state index in [0.29, 0.717) is 24.8 Å². The fourth-order valence-electron chi connectivity index (χ4n) is 2.41. The minimum absolute atomic E-state index is 0.0750. The van der Waals surface area contributed by atoms with E-state index in [-0.39, 0.29) is 5.69 Å². The Labute approximate surface area is 115 Å². The van der Waals surface area contributed by atoms with Gasteiger partial charge in [-0.3, -0.25) is 14.9 Å². The van der Waals surface area contributed by atoms with Crippen molar-refractivity contribution in [3.63, 3.8) is 0 Å². The molecule has 1 saturated heterocycles. The molecular weight excluding hydrogens is 266 g/mol. The van der Waals surface area contributed by atoms with E-state index in [1.54, 1.807) is 18.2 Å². The number of nitrogens with zero attached hydrogens (tertiary/aromatic N) is 1. The predicted molar refractivity (Wildman–Crippen MR) is 73.5 cm³/mol. The highest BCUT2D eigenvalue weighted by Gasteiger charge is 2.41. The number of hydrogen-bond acceptors (Lipinski definition) is 4. The smallest absolute Gasteiger partial charge is 0.319 e. The second kappa shape index (κ2) is 5.61. The van der Waals surface area contributed by atoms with Gasteiger partial charge in [-0.2, -0.15) is 0 Å². The van der Waals surface area contributed by atoms with Crippen LogP contribution in [0, 0.1) is 10.1 Å². The zero-order chi connectivity index (χ0) is 13.9. The number of nitro groups is 1. The maximum atomic E-state index is 11.4. The van der Waals surface area contributed by atoms with Gasteiger partial charge in [0.1, 0.15) is 4.75 Å². The SMILES string of the molecule is O=C(O)C1(CCc2ccccc2[N+](=O)[O-])CCCS1. The Kier molecular flexibility index (Phi) is 4.09. The van der Waals surface area contributed by atoms with Crippen molar-refractivity contribution < 1.29 is 14.8 Å². The van der Waals surface area contributed by atoms with Crippen LogP contribution in [0.4, 0.5) is 5.69 Å². The lowest BCUT2D eigenvalue weighted by Gasteiger charge is -2.22. The number of hydrogen-bond donors (Lipinski definition) is 1. The number of rotatable bonds is 5. The first kappa shape index (κ1) is 13.9. The summed E-state index contributed by atoms with van der Waals surface area (Å²) in [6, 6.07) is 6.54.